The third kappa shape index (κ3) is 3.88. The van der Waals surface area contributed by atoms with Crippen molar-refractivity contribution in [3.8, 4) is 11.4 Å². The maximum atomic E-state index is 12.5. The smallest absolute Gasteiger partial charge is 0.254 e. The molecule has 3 aromatic heterocycles. The van der Waals surface area contributed by atoms with Gasteiger partial charge in [0.05, 0.1) is 17.3 Å². The minimum Gasteiger partial charge on any atom is -0.343 e. The van der Waals surface area contributed by atoms with Gasteiger partial charge in [-0.25, -0.2) is 15.0 Å². The van der Waals surface area contributed by atoms with Crippen LogP contribution in [-0.4, -0.2) is 25.8 Å². The van der Waals surface area contributed by atoms with Crippen LogP contribution in [0.3, 0.4) is 0 Å². The molecule has 128 valence electrons. The Morgan fingerprint density at radius 3 is 2.56 bits per heavy atom. The van der Waals surface area contributed by atoms with Crippen molar-refractivity contribution in [3.05, 3.63) is 58.1 Å². The molecule has 0 bridgehead atoms. The molecule has 7 heteroatoms. The zero-order chi connectivity index (χ0) is 17.8. The second kappa shape index (κ2) is 7.48. The number of carbonyl (C=O) groups excluding carboxylic acids is 1. The Labute approximate surface area is 150 Å². The van der Waals surface area contributed by atoms with Gasteiger partial charge in [-0.3, -0.25) is 9.78 Å². The molecule has 3 aromatic rings. The number of hydrogen-bond acceptors (Lipinski definition) is 6. The van der Waals surface area contributed by atoms with E-state index in [2.05, 4.69) is 25.3 Å². The third-order valence-corrected chi connectivity index (χ3v) is 5.08. The summed E-state index contributed by atoms with van der Waals surface area (Å²) in [6, 6.07) is 3.59. The quantitative estimate of drug-likeness (QED) is 0.759. The van der Waals surface area contributed by atoms with Crippen molar-refractivity contribution >= 4 is 17.2 Å². The van der Waals surface area contributed by atoms with Gasteiger partial charge in [-0.2, -0.15) is 0 Å². The number of amides is 1. The summed E-state index contributed by atoms with van der Waals surface area (Å²) in [7, 11) is 0. The Hall–Kier alpha value is -2.67. The molecule has 6 nitrogen and oxygen atoms in total. The van der Waals surface area contributed by atoms with Gasteiger partial charge in [-0.1, -0.05) is 6.92 Å². The minimum absolute atomic E-state index is 0.108. The average molecular weight is 353 g/mol. The van der Waals surface area contributed by atoms with Crippen LogP contribution >= 0.6 is 11.3 Å². The van der Waals surface area contributed by atoms with Crippen molar-refractivity contribution in [2.45, 2.75) is 33.2 Å². The number of carbonyl (C=O) groups is 1. The maximum absolute atomic E-state index is 12.5. The van der Waals surface area contributed by atoms with Crippen molar-refractivity contribution in [1.29, 1.82) is 0 Å². The fourth-order valence-corrected chi connectivity index (χ4v) is 3.37. The molecule has 0 aliphatic heterocycles. The van der Waals surface area contributed by atoms with Crippen LogP contribution < -0.4 is 5.32 Å². The summed E-state index contributed by atoms with van der Waals surface area (Å²) >= 11 is 1.62. The summed E-state index contributed by atoms with van der Waals surface area (Å²) in [6.45, 7) is 6.05. The summed E-state index contributed by atoms with van der Waals surface area (Å²) in [5.41, 5.74) is 2.25. The average Bonchev–Trinajstić information content (AvgIpc) is 2.99. The number of thiazole rings is 1. The molecule has 0 aliphatic rings. The number of hydrogen-bond donors (Lipinski definition) is 1. The van der Waals surface area contributed by atoms with E-state index >= 15 is 0 Å². The molecule has 0 unspecified atom stereocenters. The van der Waals surface area contributed by atoms with Gasteiger partial charge in [0, 0.05) is 35.2 Å². The van der Waals surface area contributed by atoms with Crippen LogP contribution in [0.4, 0.5) is 0 Å². The van der Waals surface area contributed by atoms with E-state index in [9.17, 15) is 4.79 Å². The maximum Gasteiger partial charge on any atom is 0.254 e. The van der Waals surface area contributed by atoms with Crippen LogP contribution in [-0.2, 0) is 0 Å². The largest absolute Gasteiger partial charge is 0.343 e. The molecular weight excluding hydrogens is 334 g/mol. The zero-order valence-corrected chi connectivity index (χ0v) is 15.2. The van der Waals surface area contributed by atoms with Crippen LogP contribution in [0.2, 0.25) is 0 Å². The lowest BCUT2D eigenvalue weighted by molar-refractivity contribution is 0.0934. The first-order chi connectivity index (χ1) is 12.1. The van der Waals surface area contributed by atoms with Gasteiger partial charge >= 0.3 is 0 Å². The number of aromatic nitrogens is 4. The van der Waals surface area contributed by atoms with Crippen molar-refractivity contribution in [2.24, 2.45) is 0 Å². The predicted octanol–water partition coefficient (Wildman–Crippen LogP) is 3.49. The fraction of sp³-hybridized carbons (Fsp3) is 0.278. The number of pyridine rings is 1. The monoisotopic (exact) mass is 353 g/mol. The fourth-order valence-electron chi connectivity index (χ4n) is 2.32. The van der Waals surface area contributed by atoms with E-state index in [-0.39, 0.29) is 11.9 Å². The van der Waals surface area contributed by atoms with Gasteiger partial charge in [0.1, 0.15) is 5.01 Å². The summed E-state index contributed by atoms with van der Waals surface area (Å²) in [5.74, 6) is 0.345. The molecule has 3 rings (SSSR count). The van der Waals surface area contributed by atoms with Crippen molar-refractivity contribution in [2.75, 3.05) is 0 Å². The molecule has 0 spiro atoms. The zero-order valence-electron chi connectivity index (χ0n) is 14.4. The summed E-state index contributed by atoms with van der Waals surface area (Å²) in [5, 5.41) is 3.95. The first-order valence-electron chi connectivity index (χ1n) is 8.05. The van der Waals surface area contributed by atoms with Crippen LogP contribution in [0.25, 0.3) is 11.4 Å². The van der Waals surface area contributed by atoms with Gasteiger partial charge in [0.15, 0.2) is 5.82 Å². The van der Waals surface area contributed by atoms with E-state index in [0.717, 1.165) is 22.7 Å². The Morgan fingerprint density at radius 2 is 2.00 bits per heavy atom. The van der Waals surface area contributed by atoms with Crippen molar-refractivity contribution in [3.63, 3.8) is 0 Å². The van der Waals surface area contributed by atoms with Crippen LogP contribution in [0.1, 0.15) is 45.3 Å². The molecule has 1 amide bonds. The molecule has 0 radical (unpaired) electrons. The van der Waals surface area contributed by atoms with Gasteiger partial charge in [-0.15, -0.1) is 11.3 Å². The highest BCUT2D eigenvalue weighted by Crippen LogP contribution is 2.25. The third-order valence-electron chi connectivity index (χ3n) is 3.89. The first kappa shape index (κ1) is 17.2. The second-order valence-electron chi connectivity index (χ2n) is 5.67. The van der Waals surface area contributed by atoms with Crippen LogP contribution in [0, 0.1) is 13.8 Å². The Balaban J connectivity index is 1.74. The molecule has 0 saturated carbocycles. The molecule has 0 aromatic carbocycles. The Morgan fingerprint density at radius 1 is 1.24 bits per heavy atom. The second-order valence-corrected chi connectivity index (χ2v) is 6.90. The van der Waals surface area contributed by atoms with Crippen LogP contribution in [0.15, 0.2) is 36.9 Å². The van der Waals surface area contributed by atoms with Gasteiger partial charge in [-0.05, 0) is 32.4 Å². The van der Waals surface area contributed by atoms with E-state index in [1.165, 1.54) is 17.3 Å². The normalized spacial score (nSPS) is 12.0. The Kier molecular flexibility index (Phi) is 5.14. The number of aryl methyl sites for hydroxylation is 2. The number of nitrogens with zero attached hydrogens (tertiary/aromatic N) is 4. The highest BCUT2D eigenvalue weighted by molar-refractivity contribution is 7.11. The van der Waals surface area contributed by atoms with E-state index in [1.54, 1.807) is 23.7 Å². The van der Waals surface area contributed by atoms with Gasteiger partial charge in [0.25, 0.3) is 5.91 Å². The standard InChI is InChI=1S/C18H19N5OS/c1-4-15(18-22-11(2)12(3)25-18)23-17(24)14-9-20-16(21-10-14)13-6-5-7-19-8-13/h5-10,15H,4H2,1-3H3,(H,23,24)/t15-/m1/s1. The van der Waals surface area contributed by atoms with E-state index in [4.69, 9.17) is 0 Å². The summed E-state index contributed by atoms with van der Waals surface area (Å²) in [4.78, 5) is 30.8. The molecule has 1 N–H and O–H groups in total. The molecule has 1 atom stereocenters. The van der Waals surface area contributed by atoms with E-state index < -0.39 is 0 Å². The summed E-state index contributed by atoms with van der Waals surface area (Å²) in [6.07, 6.45) is 7.23. The lowest BCUT2D eigenvalue weighted by Gasteiger charge is -2.14. The van der Waals surface area contributed by atoms with Crippen LogP contribution in [0.5, 0.6) is 0 Å². The molecule has 25 heavy (non-hydrogen) atoms. The highest BCUT2D eigenvalue weighted by atomic mass is 32.1. The molecule has 0 aliphatic carbocycles. The van der Waals surface area contributed by atoms with E-state index in [0.29, 0.717) is 11.4 Å². The molecular formula is C18H19N5OS. The minimum atomic E-state index is -0.199. The predicted molar refractivity (Wildman–Crippen MR) is 97.3 cm³/mol. The van der Waals surface area contributed by atoms with E-state index in [1.807, 2.05) is 32.9 Å². The van der Waals surface area contributed by atoms with Gasteiger partial charge < -0.3 is 5.32 Å². The van der Waals surface area contributed by atoms with Crippen molar-refractivity contribution in [1.82, 2.24) is 25.3 Å². The van der Waals surface area contributed by atoms with Crippen molar-refractivity contribution < 1.29 is 4.79 Å². The lowest BCUT2D eigenvalue weighted by Crippen LogP contribution is -2.28. The SMILES string of the molecule is CC[C@@H](NC(=O)c1cnc(-c2cccnc2)nc1)c1nc(C)c(C)s1. The summed E-state index contributed by atoms with van der Waals surface area (Å²) < 4.78 is 0. The molecule has 0 fully saturated rings. The number of rotatable bonds is 5. The topological polar surface area (TPSA) is 80.7 Å². The molecule has 3 heterocycles. The first-order valence-corrected chi connectivity index (χ1v) is 8.87. The van der Waals surface area contributed by atoms with Gasteiger partial charge in [0.2, 0.25) is 0 Å². The Bertz CT molecular complexity index is 841. The lowest BCUT2D eigenvalue weighted by atomic mass is 10.2. The number of nitrogens with one attached hydrogen (secondary N) is 1. The molecule has 0 saturated heterocycles. The highest BCUT2D eigenvalue weighted by Gasteiger charge is 2.18.